The van der Waals surface area contributed by atoms with Crippen LogP contribution in [-0.2, 0) is 13.5 Å². The van der Waals surface area contributed by atoms with E-state index in [0.29, 0.717) is 22.8 Å². The monoisotopic (exact) mass is 345 g/mol. The van der Waals surface area contributed by atoms with E-state index in [-0.39, 0.29) is 5.82 Å². The number of hydrogen-bond donors (Lipinski definition) is 1. The zero-order valence-electron chi connectivity index (χ0n) is 14.2. The molecule has 0 bridgehead atoms. The van der Waals surface area contributed by atoms with Crippen LogP contribution in [0.1, 0.15) is 12.5 Å². The van der Waals surface area contributed by atoms with Crippen molar-refractivity contribution in [1.29, 1.82) is 0 Å². The number of fused-ring (bicyclic) bond motifs is 1. The van der Waals surface area contributed by atoms with Gasteiger partial charge in [-0.15, -0.1) is 11.8 Å². The maximum absolute atomic E-state index is 14.7. The van der Waals surface area contributed by atoms with Gasteiger partial charge in [0.1, 0.15) is 17.2 Å². The van der Waals surface area contributed by atoms with Crippen LogP contribution >= 0.6 is 11.8 Å². The molecule has 5 nitrogen and oxygen atoms in total. The Balaban J connectivity index is 2.15. The number of anilines is 3. The smallest absolute Gasteiger partial charge is 0.154 e. The fraction of sp³-hybridized carbons (Fsp3) is 0.294. The van der Waals surface area contributed by atoms with Crippen molar-refractivity contribution in [3.8, 4) is 0 Å². The first-order chi connectivity index (χ1) is 11.5. The summed E-state index contributed by atoms with van der Waals surface area (Å²) in [5, 5.41) is 0. The Morgan fingerprint density at radius 2 is 2.08 bits per heavy atom. The molecule has 0 fully saturated rings. The molecule has 3 rings (SSSR count). The van der Waals surface area contributed by atoms with Crippen LogP contribution in [0, 0.1) is 5.82 Å². The van der Waals surface area contributed by atoms with Gasteiger partial charge in [-0.25, -0.2) is 14.4 Å². The summed E-state index contributed by atoms with van der Waals surface area (Å²) in [5.41, 5.74) is 9.02. The summed E-state index contributed by atoms with van der Waals surface area (Å²) in [6, 6.07) is 5.45. The first kappa shape index (κ1) is 16.6. The van der Waals surface area contributed by atoms with Crippen molar-refractivity contribution < 1.29 is 4.39 Å². The molecule has 2 heterocycles. The highest BCUT2D eigenvalue weighted by Crippen LogP contribution is 2.34. The van der Waals surface area contributed by atoms with Gasteiger partial charge in [0.25, 0.3) is 0 Å². The van der Waals surface area contributed by atoms with Gasteiger partial charge in [0.2, 0.25) is 0 Å². The third-order valence-electron chi connectivity index (χ3n) is 4.14. The third-order valence-corrected chi connectivity index (χ3v) is 4.84. The number of hydrogen-bond acceptors (Lipinski definition) is 5. The molecule has 7 heteroatoms. The number of rotatable bonds is 4. The highest BCUT2D eigenvalue weighted by atomic mass is 32.2. The molecule has 24 heavy (non-hydrogen) atoms. The van der Waals surface area contributed by atoms with Gasteiger partial charge in [-0.1, -0.05) is 6.92 Å². The molecule has 1 aromatic carbocycles. The molecule has 0 aliphatic rings. The Morgan fingerprint density at radius 1 is 1.33 bits per heavy atom. The number of pyridine rings is 1. The van der Waals surface area contributed by atoms with Crippen molar-refractivity contribution in [2.24, 2.45) is 7.05 Å². The van der Waals surface area contributed by atoms with Crippen LogP contribution in [0.2, 0.25) is 0 Å². The predicted molar refractivity (Wildman–Crippen MR) is 98.5 cm³/mol. The lowest BCUT2D eigenvalue weighted by molar-refractivity contribution is 0.621. The van der Waals surface area contributed by atoms with Crippen LogP contribution in [0.25, 0.3) is 11.0 Å². The summed E-state index contributed by atoms with van der Waals surface area (Å²) in [6.07, 6.45) is 4.36. The van der Waals surface area contributed by atoms with Crippen molar-refractivity contribution in [2.45, 2.75) is 18.2 Å². The van der Waals surface area contributed by atoms with Crippen LogP contribution in [0.5, 0.6) is 0 Å². The van der Waals surface area contributed by atoms with Gasteiger partial charge in [-0.3, -0.25) is 0 Å². The Hall–Kier alpha value is -2.28. The zero-order valence-corrected chi connectivity index (χ0v) is 15.0. The van der Waals surface area contributed by atoms with Crippen LogP contribution in [-0.4, -0.2) is 27.8 Å². The highest BCUT2D eigenvalue weighted by molar-refractivity contribution is 7.98. The summed E-state index contributed by atoms with van der Waals surface area (Å²) >= 11 is 1.53. The molecule has 2 aromatic heterocycles. The molecule has 0 saturated carbocycles. The van der Waals surface area contributed by atoms with Gasteiger partial charge in [0.15, 0.2) is 5.82 Å². The standard InChI is InChI=1S/C17H20FN5S/c1-5-10-6-11(24-4)7-12(18)16(10)23(3)14-8-13-15(17(19)21-14)20-9-22(13)2/h6-9H,5H2,1-4H3,(H2,19,21). The summed E-state index contributed by atoms with van der Waals surface area (Å²) in [7, 11) is 3.70. The number of thioether (sulfide) groups is 1. The number of nitrogens with zero attached hydrogens (tertiary/aromatic N) is 4. The van der Waals surface area contributed by atoms with Gasteiger partial charge in [0.05, 0.1) is 17.5 Å². The highest BCUT2D eigenvalue weighted by Gasteiger charge is 2.18. The summed E-state index contributed by atoms with van der Waals surface area (Å²) in [6.45, 7) is 2.02. The van der Waals surface area contributed by atoms with Crippen molar-refractivity contribution in [1.82, 2.24) is 14.5 Å². The minimum absolute atomic E-state index is 0.258. The maximum atomic E-state index is 14.7. The normalized spacial score (nSPS) is 11.2. The number of benzene rings is 1. The third kappa shape index (κ3) is 2.69. The fourth-order valence-corrected chi connectivity index (χ4v) is 3.30. The van der Waals surface area contributed by atoms with E-state index in [9.17, 15) is 4.39 Å². The molecule has 0 spiro atoms. The number of aromatic nitrogens is 3. The Labute approximate surface area is 144 Å². The average Bonchev–Trinajstić information content (AvgIpc) is 2.95. The lowest BCUT2D eigenvalue weighted by atomic mass is 10.1. The van der Waals surface area contributed by atoms with E-state index >= 15 is 0 Å². The number of aryl methyl sites for hydroxylation is 2. The number of nitrogen functional groups attached to an aromatic ring is 1. The van der Waals surface area contributed by atoms with E-state index in [1.165, 1.54) is 11.8 Å². The molecule has 0 radical (unpaired) electrons. The molecule has 0 amide bonds. The van der Waals surface area contributed by atoms with Crippen molar-refractivity contribution in [3.63, 3.8) is 0 Å². The second kappa shape index (κ2) is 6.32. The van der Waals surface area contributed by atoms with Gasteiger partial charge in [0, 0.05) is 25.1 Å². The largest absolute Gasteiger partial charge is 0.382 e. The van der Waals surface area contributed by atoms with Crippen LogP contribution in [0.4, 0.5) is 21.7 Å². The molecule has 0 atom stereocenters. The van der Waals surface area contributed by atoms with Crippen molar-refractivity contribution in [2.75, 3.05) is 23.9 Å². The summed E-state index contributed by atoms with van der Waals surface area (Å²) in [4.78, 5) is 11.3. The first-order valence-electron chi connectivity index (χ1n) is 7.64. The average molecular weight is 345 g/mol. The molecule has 0 saturated heterocycles. The Kier molecular flexibility index (Phi) is 4.36. The predicted octanol–water partition coefficient (Wildman–Crippen LogP) is 3.74. The van der Waals surface area contributed by atoms with E-state index < -0.39 is 0 Å². The van der Waals surface area contributed by atoms with E-state index in [1.807, 2.05) is 36.9 Å². The number of nitrogens with two attached hydrogens (primary N) is 1. The number of imidazole rings is 1. The van der Waals surface area contributed by atoms with Gasteiger partial charge >= 0.3 is 0 Å². The second-order valence-electron chi connectivity index (χ2n) is 5.62. The quantitative estimate of drug-likeness (QED) is 0.730. The molecular weight excluding hydrogens is 325 g/mol. The van der Waals surface area contributed by atoms with Crippen molar-refractivity contribution >= 4 is 40.1 Å². The van der Waals surface area contributed by atoms with E-state index in [4.69, 9.17) is 5.73 Å². The summed E-state index contributed by atoms with van der Waals surface area (Å²) in [5.74, 6) is 0.676. The first-order valence-corrected chi connectivity index (χ1v) is 8.86. The van der Waals surface area contributed by atoms with Crippen LogP contribution in [0.15, 0.2) is 29.4 Å². The lowest BCUT2D eigenvalue weighted by Gasteiger charge is -2.23. The van der Waals surface area contributed by atoms with E-state index in [0.717, 1.165) is 22.4 Å². The molecule has 3 aromatic rings. The fourth-order valence-electron chi connectivity index (χ4n) is 2.82. The maximum Gasteiger partial charge on any atom is 0.154 e. The molecular formula is C17H20FN5S. The molecule has 0 aliphatic carbocycles. The van der Waals surface area contributed by atoms with Gasteiger partial charge in [-0.05, 0) is 30.4 Å². The minimum atomic E-state index is -0.258. The molecule has 0 aliphatic heterocycles. The number of halogens is 1. The molecule has 2 N–H and O–H groups in total. The minimum Gasteiger partial charge on any atom is -0.382 e. The Bertz CT molecular complexity index is 906. The van der Waals surface area contributed by atoms with Crippen molar-refractivity contribution in [3.05, 3.63) is 35.9 Å². The van der Waals surface area contributed by atoms with E-state index in [1.54, 1.807) is 24.3 Å². The van der Waals surface area contributed by atoms with Gasteiger partial charge in [-0.2, -0.15) is 0 Å². The second-order valence-corrected chi connectivity index (χ2v) is 6.50. The van der Waals surface area contributed by atoms with Gasteiger partial charge < -0.3 is 15.2 Å². The van der Waals surface area contributed by atoms with E-state index in [2.05, 4.69) is 9.97 Å². The zero-order chi connectivity index (χ0) is 17.4. The van der Waals surface area contributed by atoms with Crippen LogP contribution in [0.3, 0.4) is 0 Å². The summed E-state index contributed by atoms with van der Waals surface area (Å²) < 4.78 is 16.6. The lowest BCUT2D eigenvalue weighted by Crippen LogP contribution is -2.16. The Morgan fingerprint density at radius 3 is 2.75 bits per heavy atom. The molecule has 0 unspecified atom stereocenters. The SMILES string of the molecule is CCc1cc(SC)cc(F)c1N(C)c1cc2c(ncn2C)c(N)n1. The topological polar surface area (TPSA) is 60.0 Å². The van der Waals surface area contributed by atoms with Crippen LogP contribution < -0.4 is 10.6 Å². The molecule has 126 valence electrons.